The van der Waals surface area contributed by atoms with Crippen LogP contribution in [-0.4, -0.2) is 0 Å². The van der Waals surface area contributed by atoms with E-state index in [1.807, 2.05) is 0 Å². The zero-order chi connectivity index (χ0) is 9.23. The van der Waals surface area contributed by atoms with Crippen LogP contribution in [0.1, 0.15) is 51.9 Å². The van der Waals surface area contributed by atoms with Crippen LogP contribution in [0.3, 0.4) is 0 Å². The maximum absolute atomic E-state index is 3.84. The van der Waals surface area contributed by atoms with Crippen molar-refractivity contribution < 1.29 is 0 Å². The molecular formula is C12H22. The van der Waals surface area contributed by atoms with Crippen LogP contribution in [-0.2, 0) is 0 Å². The Morgan fingerprint density at radius 2 is 1.92 bits per heavy atom. The predicted octanol–water partition coefficient (Wildman–Crippen LogP) is 4.33. The number of hydrogen-bond donors (Lipinski definition) is 0. The normalized spacial score (nSPS) is 12.1. The molecule has 0 aliphatic heterocycles. The Labute approximate surface area is 78.1 Å². The van der Waals surface area contributed by atoms with E-state index >= 15 is 0 Å². The Kier molecular flexibility index (Phi) is 8.64. The van der Waals surface area contributed by atoms with E-state index in [1.54, 1.807) is 5.57 Å². The molecule has 0 aromatic rings. The third-order valence-corrected chi connectivity index (χ3v) is 2.09. The molecule has 0 unspecified atom stereocenters. The molecule has 0 aromatic heterocycles. The van der Waals surface area contributed by atoms with Crippen molar-refractivity contribution in [2.75, 3.05) is 0 Å². The van der Waals surface area contributed by atoms with Crippen LogP contribution in [0.25, 0.3) is 0 Å². The summed E-state index contributed by atoms with van der Waals surface area (Å²) in [4.78, 5) is 0. The predicted molar refractivity (Wildman–Crippen MR) is 56.8 cm³/mol. The number of allylic oxidation sites excluding steroid dienone is 2. The average molecular weight is 166 g/mol. The van der Waals surface area contributed by atoms with Crippen LogP contribution in [0, 0.1) is 13.8 Å². The van der Waals surface area contributed by atoms with Gasteiger partial charge in [0.25, 0.3) is 0 Å². The van der Waals surface area contributed by atoms with E-state index in [1.165, 1.54) is 25.7 Å². The molecule has 0 heterocycles. The van der Waals surface area contributed by atoms with Crippen molar-refractivity contribution in [2.24, 2.45) is 0 Å². The van der Waals surface area contributed by atoms with Crippen LogP contribution in [0.2, 0.25) is 0 Å². The summed E-state index contributed by atoms with van der Waals surface area (Å²) >= 11 is 0. The van der Waals surface area contributed by atoms with Gasteiger partial charge in [-0.1, -0.05) is 45.3 Å². The van der Waals surface area contributed by atoms with E-state index < -0.39 is 0 Å². The molecule has 2 radical (unpaired) electrons. The summed E-state index contributed by atoms with van der Waals surface area (Å²) in [7, 11) is 0. The van der Waals surface area contributed by atoms with Crippen molar-refractivity contribution in [3.05, 3.63) is 25.5 Å². The van der Waals surface area contributed by atoms with Gasteiger partial charge in [-0.2, -0.15) is 0 Å². The molecule has 0 nitrogen and oxygen atoms in total. The smallest absolute Gasteiger partial charge is 0.0320 e. The molecule has 0 heteroatoms. The van der Waals surface area contributed by atoms with Gasteiger partial charge in [0, 0.05) is 0 Å². The highest BCUT2D eigenvalue weighted by atomic mass is 14.0. The third kappa shape index (κ3) is 6.45. The quantitative estimate of drug-likeness (QED) is 0.390. The molecule has 0 aliphatic carbocycles. The van der Waals surface area contributed by atoms with Crippen molar-refractivity contribution in [2.45, 2.75) is 51.9 Å². The molecule has 0 aliphatic rings. The molecule has 0 fully saturated rings. The molecular weight excluding hydrogens is 144 g/mol. The van der Waals surface area contributed by atoms with Crippen molar-refractivity contribution in [3.8, 4) is 0 Å². The molecule has 0 aromatic carbocycles. The molecule has 12 heavy (non-hydrogen) atoms. The second kappa shape index (κ2) is 8.83. The summed E-state index contributed by atoms with van der Waals surface area (Å²) in [6, 6.07) is 0. The van der Waals surface area contributed by atoms with Gasteiger partial charge in [-0.25, -0.2) is 0 Å². The molecule has 0 amide bonds. The SMILES string of the molecule is [CH2]CC/C=C(\CC)CCCC[CH2]. The molecule has 0 rings (SSSR count). The van der Waals surface area contributed by atoms with E-state index in [4.69, 9.17) is 0 Å². The summed E-state index contributed by atoms with van der Waals surface area (Å²) < 4.78 is 0. The Balaban J connectivity index is 3.52. The maximum Gasteiger partial charge on any atom is -0.0320 e. The van der Waals surface area contributed by atoms with Gasteiger partial charge in [0.15, 0.2) is 0 Å². The zero-order valence-corrected chi connectivity index (χ0v) is 8.44. The first kappa shape index (κ1) is 11.7. The molecule has 0 spiro atoms. The minimum atomic E-state index is 1.03. The van der Waals surface area contributed by atoms with Crippen LogP contribution >= 0.6 is 0 Å². The lowest BCUT2D eigenvalue weighted by molar-refractivity contribution is 0.722. The summed E-state index contributed by atoms with van der Waals surface area (Å²) in [6.07, 6.45) is 10.7. The Bertz CT molecular complexity index is 111. The van der Waals surface area contributed by atoms with Gasteiger partial charge in [-0.3, -0.25) is 0 Å². The van der Waals surface area contributed by atoms with Gasteiger partial charge in [-0.15, -0.1) is 0 Å². The topological polar surface area (TPSA) is 0 Å². The van der Waals surface area contributed by atoms with Crippen LogP contribution in [0.5, 0.6) is 0 Å². The fraction of sp³-hybridized carbons (Fsp3) is 0.667. The zero-order valence-electron chi connectivity index (χ0n) is 8.44. The highest BCUT2D eigenvalue weighted by Gasteiger charge is 1.93. The van der Waals surface area contributed by atoms with Crippen molar-refractivity contribution in [1.82, 2.24) is 0 Å². The van der Waals surface area contributed by atoms with Crippen molar-refractivity contribution in [3.63, 3.8) is 0 Å². The molecule has 0 saturated carbocycles. The molecule has 0 bridgehead atoms. The Hall–Kier alpha value is -0.260. The number of hydrogen-bond acceptors (Lipinski definition) is 0. The van der Waals surface area contributed by atoms with E-state index in [0.29, 0.717) is 0 Å². The highest BCUT2D eigenvalue weighted by Crippen LogP contribution is 2.13. The first-order valence-corrected chi connectivity index (χ1v) is 5.11. The Morgan fingerprint density at radius 3 is 2.42 bits per heavy atom. The molecule has 70 valence electrons. The second-order valence-electron chi connectivity index (χ2n) is 3.17. The minimum absolute atomic E-state index is 1.03. The largest absolute Gasteiger partial charge is 0.0853 e. The molecule has 0 N–H and O–H groups in total. The van der Waals surface area contributed by atoms with Crippen molar-refractivity contribution in [1.29, 1.82) is 0 Å². The number of unbranched alkanes of at least 4 members (excludes halogenated alkanes) is 3. The number of rotatable bonds is 7. The minimum Gasteiger partial charge on any atom is -0.0853 e. The van der Waals surface area contributed by atoms with Gasteiger partial charge >= 0.3 is 0 Å². The van der Waals surface area contributed by atoms with Gasteiger partial charge < -0.3 is 0 Å². The van der Waals surface area contributed by atoms with Crippen molar-refractivity contribution >= 4 is 0 Å². The van der Waals surface area contributed by atoms with Gasteiger partial charge in [-0.05, 0) is 32.1 Å². The molecule has 0 atom stereocenters. The summed E-state index contributed by atoms with van der Waals surface area (Å²) in [5.41, 5.74) is 1.60. The van der Waals surface area contributed by atoms with Gasteiger partial charge in [0.05, 0.1) is 0 Å². The summed E-state index contributed by atoms with van der Waals surface area (Å²) in [5.74, 6) is 0. The first-order chi connectivity index (χ1) is 5.85. The maximum atomic E-state index is 3.84. The summed E-state index contributed by atoms with van der Waals surface area (Å²) in [6.45, 7) is 9.91. The second-order valence-corrected chi connectivity index (χ2v) is 3.17. The van der Waals surface area contributed by atoms with Crippen LogP contribution in [0.4, 0.5) is 0 Å². The van der Waals surface area contributed by atoms with Crippen LogP contribution < -0.4 is 0 Å². The van der Waals surface area contributed by atoms with E-state index in [2.05, 4.69) is 26.8 Å². The lowest BCUT2D eigenvalue weighted by Gasteiger charge is -2.03. The van der Waals surface area contributed by atoms with Gasteiger partial charge in [0.2, 0.25) is 0 Å². The van der Waals surface area contributed by atoms with E-state index in [-0.39, 0.29) is 0 Å². The summed E-state index contributed by atoms with van der Waals surface area (Å²) in [5, 5.41) is 0. The third-order valence-electron chi connectivity index (χ3n) is 2.09. The fourth-order valence-electron chi connectivity index (χ4n) is 1.26. The molecule has 0 saturated heterocycles. The lowest BCUT2D eigenvalue weighted by atomic mass is 10.0. The van der Waals surface area contributed by atoms with E-state index in [9.17, 15) is 0 Å². The highest BCUT2D eigenvalue weighted by molar-refractivity contribution is 5.00. The lowest BCUT2D eigenvalue weighted by Crippen LogP contribution is -1.83. The first-order valence-electron chi connectivity index (χ1n) is 5.11. The van der Waals surface area contributed by atoms with Crippen LogP contribution in [0.15, 0.2) is 11.6 Å². The fourth-order valence-corrected chi connectivity index (χ4v) is 1.26. The van der Waals surface area contributed by atoms with E-state index in [0.717, 1.165) is 19.3 Å². The average Bonchev–Trinajstić information content (AvgIpc) is 2.11. The van der Waals surface area contributed by atoms with Gasteiger partial charge in [0.1, 0.15) is 0 Å². The Morgan fingerprint density at radius 1 is 1.17 bits per heavy atom. The standard InChI is InChI=1S/C12H22/c1-4-7-9-11-12(6-3)10-8-5-2/h10H,1-2,4-9,11H2,3H3/b12-10+. The monoisotopic (exact) mass is 166 g/mol.